The zero-order chi connectivity index (χ0) is 16.7. The Morgan fingerprint density at radius 1 is 1.35 bits per heavy atom. The number of rotatable bonds is 5. The summed E-state index contributed by atoms with van der Waals surface area (Å²) in [6.45, 7) is 2.32. The molecule has 5 nitrogen and oxygen atoms in total. The van der Waals surface area contributed by atoms with E-state index in [2.05, 4.69) is 15.8 Å². The second kappa shape index (κ2) is 8.36. The van der Waals surface area contributed by atoms with E-state index < -0.39 is 0 Å². The van der Waals surface area contributed by atoms with E-state index in [4.69, 9.17) is 28.6 Å². The fourth-order valence-corrected chi connectivity index (χ4v) is 2.13. The highest BCUT2D eigenvalue weighted by molar-refractivity contribution is 7.80. The Labute approximate surface area is 144 Å². The van der Waals surface area contributed by atoms with Crippen molar-refractivity contribution in [2.45, 2.75) is 6.92 Å². The number of phenolic OH excluding ortho intramolecular Hbond substituents is 1. The Morgan fingerprint density at radius 3 is 2.91 bits per heavy atom. The molecule has 0 atom stereocenters. The van der Waals surface area contributed by atoms with Crippen molar-refractivity contribution in [2.75, 3.05) is 11.9 Å². The van der Waals surface area contributed by atoms with Gasteiger partial charge >= 0.3 is 0 Å². The van der Waals surface area contributed by atoms with Crippen LogP contribution < -0.4 is 15.5 Å². The third-order valence-electron chi connectivity index (χ3n) is 2.75. The highest BCUT2D eigenvalue weighted by Crippen LogP contribution is 2.26. The van der Waals surface area contributed by atoms with E-state index in [9.17, 15) is 5.11 Å². The summed E-state index contributed by atoms with van der Waals surface area (Å²) in [5, 5.41) is 17.6. The number of aromatic hydroxyl groups is 1. The van der Waals surface area contributed by atoms with Crippen LogP contribution in [0.3, 0.4) is 0 Å². The average molecular weight is 350 g/mol. The van der Waals surface area contributed by atoms with Gasteiger partial charge in [0.05, 0.1) is 12.8 Å². The van der Waals surface area contributed by atoms with E-state index in [1.165, 1.54) is 0 Å². The van der Waals surface area contributed by atoms with Gasteiger partial charge in [0.25, 0.3) is 0 Å². The molecule has 2 aromatic rings. The summed E-state index contributed by atoms with van der Waals surface area (Å²) in [5.74, 6) is 0.506. The molecule has 23 heavy (non-hydrogen) atoms. The van der Waals surface area contributed by atoms with Crippen LogP contribution in [0.2, 0.25) is 5.02 Å². The molecule has 0 aliphatic heterocycles. The zero-order valence-electron chi connectivity index (χ0n) is 12.4. The topological polar surface area (TPSA) is 65.9 Å². The van der Waals surface area contributed by atoms with Crippen molar-refractivity contribution in [2.24, 2.45) is 5.10 Å². The summed E-state index contributed by atoms with van der Waals surface area (Å²) >= 11 is 11.0. The molecular weight excluding hydrogens is 334 g/mol. The monoisotopic (exact) mass is 349 g/mol. The highest BCUT2D eigenvalue weighted by Gasteiger charge is 2.02. The summed E-state index contributed by atoms with van der Waals surface area (Å²) in [4.78, 5) is 0. The first-order valence-corrected chi connectivity index (χ1v) is 7.68. The lowest BCUT2D eigenvalue weighted by molar-refractivity contribution is 0.318. The number of anilines is 1. The first kappa shape index (κ1) is 17.1. The van der Waals surface area contributed by atoms with Crippen molar-refractivity contribution in [1.82, 2.24) is 5.43 Å². The van der Waals surface area contributed by atoms with Crippen molar-refractivity contribution < 1.29 is 9.84 Å². The Kier molecular flexibility index (Phi) is 6.19. The predicted molar refractivity (Wildman–Crippen MR) is 97.7 cm³/mol. The number of phenols is 1. The van der Waals surface area contributed by atoms with Crippen LogP contribution in [0.4, 0.5) is 5.69 Å². The van der Waals surface area contributed by atoms with Gasteiger partial charge in [-0.1, -0.05) is 17.7 Å². The minimum atomic E-state index is 0.0927. The standard InChI is InChI=1S/C16H16ClN3O2S/c1-2-22-15-8-11(6-7-14(15)21)10-18-20-16(23)19-13-5-3-4-12(17)9-13/h3-10,21H,2H2,1H3,(H2,19,20,23)/b18-10-. The van der Waals surface area contributed by atoms with Gasteiger partial charge in [0.2, 0.25) is 0 Å². The summed E-state index contributed by atoms with van der Waals surface area (Å²) in [5.41, 5.74) is 4.25. The average Bonchev–Trinajstić information content (AvgIpc) is 2.50. The molecule has 3 N–H and O–H groups in total. The molecule has 0 aromatic heterocycles. The van der Waals surface area contributed by atoms with E-state index >= 15 is 0 Å². The van der Waals surface area contributed by atoms with Crippen LogP contribution in [-0.2, 0) is 0 Å². The van der Waals surface area contributed by atoms with Crippen LogP contribution in [0.1, 0.15) is 12.5 Å². The third kappa shape index (κ3) is 5.43. The molecule has 0 heterocycles. The van der Waals surface area contributed by atoms with Crippen LogP contribution in [0.25, 0.3) is 0 Å². The van der Waals surface area contributed by atoms with Gasteiger partial charge in [-0.05, 0) is 61.1 Å². The molecule has 2 aromatic carbocycles. The van der Waals surface area contributed by atoms with Crippen LogP contribution in [-0.4, -0.2) is 23.0 Å². The second-order valence-corrected chi connectivity index (χ2v) is 5.34. The maximum Gasteiger partial charge on any atom is 0.191 e. The van der Waals surface area contributed by atoms with Crippen molar-refractivity contribution in [3.8, 4) is 11.5 Å². The maximum atomic E-state index is 9.64. The Bertz CT molecular complexity index is 722. The maximum absolute atomic E-state index is 9.64. The van der Waals surface area contributed by atoms with Crippen molar-refractivity contribution in [3.63, 3.8) is 0 Å². The number of hydrogen-bond donors (Lipinski definition) is 3. The molecule has 0 unspecified atom stereocenters. The van der Waals surface area contributed by atoms with Crippen LogP contribution in [0.15, 0.2) is 47.6 Å². The Hall–Kier alpha value is -2.31. The zero-order valence-corrected chi connectivity index (χ0v) is 14.0. The predicted octanol–water partition coefficient (Wildman–Crippen LogP) is 3.76. The van der Waals surface area contributed by atoms with Crippen molar-refractivity contribution >= 4 is 40.8 Å². The fraction of sp³-hybridized carbons (Fsp3) is 0.125. The van der Waals surface area contributed by atoms with Crippen LogP contribution in [0.5, 0.6) is 11.5 Å². The van der Waals surface area contributed by atoms with Crippen LogP contribution in [0, 0.1) is 0 Å². The van der Waals surface area contributed by atoms with E-state index in [0.717, 1.165) is 11.3 Å². The van der Waals surface area contributed by atoms with Gasteiger partial charge in [0.15, 0.2) is 16.6 Å². The summed E-state index contributed by atoms with van der Waals surface area (Å²) in [6, 6.07) is 12.2. The van der Waals surface area contributed by atoms with Crippen molar-refractivity contribution in [1.29, 1.82) is 0 Å². The molecule has 0 amide bonds. The number of thiocarbonyl (C=S) groups is 1. The molecule has 7 heteroatoms. The second-order valence-electron chi connectivity index (χ2n) is 4.49. The largest absolute Gasteiger partial charge is 0.504 e. The number of benzene rings is 2. The summed E-state index contributed by atoms with van der Waals surface area (Å²) in [7, 11) is 0. The number of hydrazone groups is 1. The first-order chi connectivity index (χ1) is 11.1. The molecule has 0 saturated heterocycles. The minimum absolute atomic E-state index is 0.0927. The smallest absolute Gasteiger partial charge is 0.191 e. The number of halogens is 1. The molecule has 0 spiro atoms. The molecule has 2 rings (SSSR count). The summed E-state index contributed by atoms with van der Waals surface area (Å²) < 4.78 is 5.31. The number of hydrogen-bond acceptors (Lipinski definition) is 4. The van der Waals surface area contributed by atoms with E-state index in [1.807, 2.05) is 19.1 Å². The van der Waals surface area contributed by atoms with Gasteiger partial charge in [-0.25, -0.2) is 0 Å². The van der Waals surface area contributed by atoms with Gasteiger partial charge in [-0.3, -0.25) is 5.43 Å². The van der Waals surface area contributed by atoms with E-state index in [-0.39, 0.29) is 5.75 Å². The van der Waals surface area contributed by atoms with Gasteiger partial charge < -0.3 is 15.2 Å². The van der Waals surface area contributed by atoms with E-state index in [0.29, 0.717) is 22.5 Å². The van der Waals surface area contributed by atoms with E-state index in [1.54, 1.807) is 36.5 Å². The highest BCUT2D eigenvalue weighted by atomic mass is 35.5. The molecule has 0 bridgehead atoms. The molecule has 0 aliphatic carbocycles. The third-order valence-corrected chi connectivity index (χ3v) is 3.17. The first-order valence-electron chi connectivity index (χ1n) is 6.90. The molecule has 0 radical (unpaired) electrons. The SMILES string of the molecule is CCOc1cc(/C=N\NC(=S)Nc2cccc(Cl)c2)ccc1O. The molecule has 120 valence electrons. The quantitative estimate of drug-likeness (QED) is 0.435. The fourth-order valence-electron chi connectivity index (χ4n) is 1.77. The lowest BCUT2D eigenvalue weighted by atomic mass is 10.2. The molecule has 0 aliphatic rings. The Balaban J connectivity index is 1.93. The number of nitrogens with one attached hydrogen (secondary N) is 2. The normalized spacial score (nSPS) is 10.5. The molecule has 0 fully saturated rings. The number of nitrogens with zero attached hydrogens (tertiary/aromatic N) is 1. The van der Waals surface area contributed by atoms with Gasteiger partial charge in [-0.15, -0.1) is 0 Å². The van der Waals surface area contributed by atoms with Gasteiger partial charge in [0, 0.05) is 10.7 Å². The van der Waals surface area contributed by atoms with Crippen LogP contribution >= 0.6 is 23.8 Å². The molecule has 0 saturated carbocycles. The Morgan fingerprint density at radius 2 is 2.17 bits per heavy atom. The lowest BCUT2D eigenvalue weighted by Crippen LogP contribution is -2.23. The summed E-state index contributed by atoms with van der Waals surface area (Å²) in [6.07, 6.45) is 1.58. The van der Waals surface area contributed by atoms with Crippen molar-refractivity contribution in [3.05, 3.63) is 53.1 Å². The molecular formula is C16H16ClN3O2S. The minimum Gasteiger partial charge on any atom is -0.504 e. The number of ether oxygens (including phenoxy) is 1. The van der Waals surface area contributed by atoms with Gasteiger partial charge in [0.1, 0.15) is 0 Å². The van der Waals surface area contributed by atoms with Gasteiger partial charge in [-0.2, -0.15) is 5.10 Å². The lowest BCUT2D eigenvalue weighted by Gasteiger charge is -2.07.